The van der Waals surface area contributed by atoms with Gasteiger partial charge in [0, 0.05) is 12.0 Å². The molecule has 0 aromatic heterocycles. The van der Waals surface area contributed by atoms with Crippen molar-refractivity contribution in [2.75, 3.05) is 6.54 Å². The third-order valence-electron chi connectivity index (χ3n) is 6.11. The molecule has 1 aliphatic heterocycles. The molecule has 0 atom stereocenters. The minimum absolute atomic E-state index is 0.0769. The van der Waals surface area contributed by atoms with Crippen LogP contribution in [0, 0.1) is 0 Å². The fourth-order valence-electron chi connectivity index (χ4n) is 4.06. The van der Waals surface area contributed by atoms with Crippen LogP contribution in [0.5, 0.6) is 17.2 Å². The average molecular weight is 521 g/mol. The average Bonchev–Trinajstić information content (AvgIpc) is 3.47. The summed E-state index contributed by atoms with van der Waals surface area (Å²) >= 11 is 0. The third kappa shape index (κ3) is 6.19. The third-order valence-corrected chi connectivity index (χ3v) is 6.11. The van der Waals surface area contributed by atoms with Gasteiger partial charge in [0.25, 0.3) is 0 Å². The number of esters is 2. The van der Waals surface area contributed by atoms with Crippen LogP contribution in [0.15, 0.2) is 108 Å². The Morgan fingerprint density at radius 1 is 0.744 bits per heavy atom. The number of amides is 1. The van der Waals surface area contributed by atoms with Crippen molar-refractivity contribution in [1.82, 2.24) is 5.01 Å². The first-order valence-corrected chi connectivity index (χ1v) is 12.3. The minimum atomic E-state index is -0.534. The predicted octanol–water partition coefficient (Wildman–Crippen LogP) is 5.01. The molecule has 0 bridgehead atoms. The Labute approximate surface area is 224 Å². The van der Waals surface area contributed by atoms with Crippen molar-refractivity contribution in [1.29, 1.82) is 0 Å². The van der Waals surface area contributed by atoms with Gasteiger partial charge < -0.3 is 14.6 Å². The molecule has 4 aromatic carbocycles. The molecule has 0 fully saturated rings. The molecular weight excluding hydrogens is 496 g/mol. The molecule has 194 valence electrons. The van der Waals surface area contributed by atoms with Crippen LogP contribution in [-0.4, -0.2) is 40.2 Å². The summed E-state index contributed by atoms with van der Waals surface area (Å²) in [5.41, 5.74) is 2.71. The van der Waals surface area contributed by atoms with Crippen LogP contribution in [0.25, 0.3) is 0 Å². The summed E-state index contributed by atoms with van der Waals surface area (Å²) in [6.45, 7) is 0.391. The summed E-state index contributed by atoms with van der Waals surface area (Å²) in [5, 5.41) is 16.1. The van der Waals surface area contributed by atoms with Gasteiger partial charge in [-0.2, -0.15) is 5.10 Å². The van der Waals surface area contributed by atoms with Crippen LogP contribution in [-0.2, 0) is 11.2 Å². The number of benzene rings is 4. The Morgan fingerprint density at radius 2 is 1.31 bits per heavy atom. The van der Waals surface area contributed by atoms with Crippen molar-refractivity contribution in [3.05, 3.63) is 125 Å². The maximum absolute atomic E-state index is 13.0. The van der Waals surface area contributed by atoms with Gasteiger partial charge in [-0.15, -0.1) is 0 Å². The van der Waals surface area contributed by atoms with E-state index >= 15 is 0 Å². The first-order chi connectivity index (χ1) is 19.0. The molecular formula is C31H24N2O6. The van der Waals surface area contributed by atoms with E-state index in [1.165, 1.54) is 23.2 Å². The van der Waals surface area contributed by atoms with E-state index < -0.39 is 11.9 Å². The number of hydrazone groups is 1. The lowest BCUT2D eigenvalue weighted by Gasteiger charge is -2.13. The van der Waals surface area contributed by atoms with Gasteiger partial charge in [-0.25, -0.2) is 14.6 Å². The number of phenols is 1. The van der Waals surface area contributed by atoms with Crippen molar-refractivity contribution < 1.29 is 29.0 Å². The van der Waals surface area contributed by atoms with Crippen LogP contribution < -0.4 is 9.47 Å². The van der Waals surface area contributed by atoms with Crippen molar-refractivity contribution in [2.24, 2.45) is 5.10 Å². The SMILES string of the molecule is O=C(Oc1ccc(C2=NN(C(=O)Cc3cc(OC(=O)c4ccccc4)ccc3O)CC2)cc1)c1ccccc1. The highest BCUT2D eigenvalue weighted by atomic mass is 16.5. The zero-order valence-electron chi connectivity index (χ0n) is 20.8. The first kappa shape index (κ1) is 25.4. The maximum atomic E-state index is 13.0. The quantitative estimate of drug-likeness (QED) is 0.271. The number of phenolic OH excluding ortho intramolecular Hbond substituents is 1. The van der Waals surface area contributed by atoms with Gasteiger partial charge in [0.1, 0.15) is 17.2 Å². The second kappa shape index (κ2) is 11.4. The lowest BCUT2D eigenvalue weighted by Crippen LogP contribution is -2.25. The second-order valence-electron chi connectivity index (χ2n) is 8.82. The molecule has 0 spiro atoms. The van der Waals surface area contributed by atoms with Gasteiger partial charge in [-0.05, 0) is 72.3 Å². The van der Waals surface area contributed by atoms with E-state index in [1.807, 2.05) is 6.07 Å². The molecule has 0 unspecified atom stereocenters. The number of hydrogen-bond acceptors (Lipinski definition) is 7. The van der Waals surface area contributed by atoms with Gasteiger partial charge in [0.05, 0.1) is 29.8 Å². The molecule has 0 saturated heterocycles. The minimum Gasteiger partial charge on any atom is -0.508 e. The van der Waals surface area contributed by atoms with Gasteiger partial charge in [0.2, 0.25) is 5.91 Å². The Balaban J connectivity index is 1.21. The number of rotatable bonds is 7. The van der Waals surface area contributed by atoms with Crippen LogP contribution in [0.2, 0.25) is 0 Å². The zero-order valence-corrected chi connectivity index (χ0v) is 20.8. The molecule has 39 heavy (non-hydrogen) atoms. The molecule has 8 nitrogen and oxygen atoms in total. The van der Waals surface area contributed by atoms with Crippen molar-refractivity contribution in [3.8, 4) is 17.2 Å². The Hall–Kier alpha value is -5.24. The summed E-state index contributed by atoms with van der Waals surface area (Å²) in [6, 6.07) is 28.6. The van der Waals surface area contributed by atoms with Crippen LogP contribution in [0.1, 0.15) is 38.3 Å². The smallest absolute Gasteiger partial charge is 0.343 e. The largest absolute Gasteiger partial charge is 0.508 e. The Bertz CT molecular complexity index is 1530. The lowest BCUT2D eigenvalue weighted by molar-refractivity contribution is -0.130. The molecule has 5 rings (SSSR count). The molecule has 8 heteroatoms. The number of carbonyl (C=O) groups is 3. The highest BCUT2D eigenvalue weighted by Gasteiger charge is 2.23. The number of aromatic hydroxyl groups is 1. The fraction of sp³-hybridized carbons (Fsp3) is 0.0968. The van der Waals surface area contributed by atoms with E-state index in [0.717, 1.165) is 11.3 Å². The highest BCUT2D eigenvalue weighted by Crippen LogP contribution is 2.26. The number of nitrogens with zero attached hydrogens (tertiary/aromatic N) is 2. The van der Waals surface area contributed by atoms with E-state index in [1.54, 1.807) is 78.9 Å². The first-order valence-electron chi connectivity index (χ1n) is 12.3. The molecule has 4 aromatic rings. The summed E-state index contributed by atoms with van der Waals surface area (Å²) in [5.74, 6) is -0.730. The van der Waals surface area contributed by atoms with E-state index in [9.17, 15) is 19.5 Å². The highest BCUT2D eigenvalue weighted by molar-refractivity contribution is 6.03. The summed E-state index contributed by atoms with van der Waals surface area (Å²) in [7, 11) is 0. The van der Waals surface area contributed by atoms with Crippen molar-refractivity contribution >= 4 is 23.6 Å². The number of carbonyl (C=O) groups excluding carboxylic acids is 3. The van der Waals surface area contributed by atoms with E-state index in [-0.39, 0.29) is 23.8 Å². The summed E-state index contributed by atoms with van der Waals surface area (Å²) in [6.07, 6.45) is 0.434. The fourth-order valence-corrected chi connectivity index (χ4v) is 4.06. The van der Waals surface area contributed by atoms with E-state index in [2.05, 4.69) is 5.10 Å². The van der Waals surface area contributed by atoms with Crippen molar-refractivity contribution in [2.45, 2.75) is 12.8 Å². The molecule has 1 aliphatic rings. The van der Waals surface area contributed by atoms with Gasteiger partial charge in [-0.1, -0.05) is 36.4 Å². The Morgan fingerprint density at radius 3 is 1.92 bits per heavy atom. The monoisotopic (exact) mass is 520 g/mol. The van der Waals surface area contributed by atoms with Crippen LogP contribution in [0.4, 0.5) is 0 Å². The predicted molar refractivity (Wildman–Crippen MR) is 144 cm³/mol. The number of hydrogen-bond donors (Lipinski definition) is 1. The van der Waals surface area contributed by atoms with Gasteiger partial charge in [-0.3, -0.25) is 4.79 Å². The van der Waals surface area contributed by atoms with Gasteiger partial charge >= 0.3 is 11.9 Å². The zero-order chi connectivity index (χ0) is 27.2. The standard InChI is InChI=1S/C31H24N2O6/c34-28-16-15-26(39-31(37)23-9-5-2-6-10-23)19-24(28)20-29(35)33-18-17-27(32-33)21-11-13-25(14-12-21)38-30(36)22-7-3-1-4-8-22/h1-16,19,34H,17-18,20H2. The second-order valence-corrected chi connectivity index (χ2v) is 8.82. The number of ether oxygens (including phenoxy) is 2. The molecule has 1 N–H and O–H groups in total. The van der Waals surface area contributed by atoms with E-state index in [0.29, 0.717) is 35.4 Å². The maximum Gasteiger partial charge on any atom is 0.343 e. The normalized spacial score (nSPS) is 12.5. The molecule has 1 heterocycles. The lowest BCUT2D eigenvalue weighted by atomic mass is 10.1. The van der Waals surface area contributed by atoms with E-state index in [4.69, 9.17) is 9.47 Å². The Kier molecular flexibility index (Phi) is 7.45. The topological polar surface area (TPSA) is 106 Å². The van der Waals surface area contributed by atoms with Crippen molar-refractivity contribution in [3.63, 3.8) is 0 Å². The van der Waals surface area contributed by atoms with Crippen LogP contribution >= 0.6 is 0 Å². The molecule has 0 aliphatic carbocycles. The molecule has 1 amide bonds. The summed E-state index contributed by atoms with van der Waals surface area (Å²) in [4.78, 5) is 37.6. The van der Waals surface area contributed by atoms with Crippen LogP contribution in [0.3, 0.4) is 0 Å². The summed E-state index contributed by atoms with van der Waals surface area (Å²) < 4.78 is 10.8. The molecule has 0 saturated carbocycles. The van der Waals surface area contributed by atoms with Gasteiger partial charge in [0.15, 0.2) is 0 Å². The molecule has 0 radical (unpaired) electrons.